The highest BCUT2D eigenvalue weighted by molar-refractivity contribution is 5.92. The molecule has 0 bridgehead atoms. The molecule has 0 aliphatic rings. The summed E-state index contributed by atoms with van der Waals surface area (Å²) in [6, 6.07) is 16.3. The Hall–Kier alpha value is -3.61. The van der Waals surface area contributed by atoms with Crippen LogP contribution >= 0.6 is 0 Å². The van der Waals surface area contributed by atoms with E-state index in [9.17, 15) is 14.0 Å². The SMILES string of the molecule is O=C(CCc1ccccc1F)Nc1ccc(NC(=O)NCc2ccco2)cc1. The van der Waals surface area contributed by atoms with E-state index in [2.05, 4.69) is 16.0 Å². The number of carbonyl (C=O) groups is 2. The molecule has 0 saturated carbocycles. The average molecular weight is 381 g/mol. The van der Waals surface area contributed by atoms with Gasteiger partial charge in [-0.2, -0.15) is 0 Å². The number of carbonyl (C=O) groups excluding carboxylic acids is 2. The molecule has 0 spiro atoms. The van der Waals surface area contributed by atoms with Crippen LogP contribution in [0.5, 0.6) is 0 Å². The van der Waals surface area contributed by atoms with Gasteiger partial charge in [-0.3, -0.25) is 4.79 Å². The van der Waals surface area contributed by atoms with Crippen molar-refractivity contribution in [2.24, 2.45) is 0 Å². The Morgan fingerprint density at radius 2 is 1.61 bits per heavy atom. The van der Waals surface area contributed by atoms with Crippen molar-refractivity contribution >= 4 is 23.3 Å². The van der Waals surface area contributed by atoms with Gasteiger partial charge >= 0.3 is 6.03 Å². The van der Waals surface area contributed by atoms with E-state index in [0.29, 0.717) is 29.1 Å². The first kappa shape index (κ1) is 19.2. The fourth-order valence-corrected chi connectivity index (χ4v) is 2.57. The first-order valence-corrected chi connectivity index (χ1v) is 8.81. The monoisotopic (exact) mass is 381 g/mol. The van der Waals surface area contributed by atoms with Gasteiger partial charge in [-0.25, -0.2) is 9.18 Å². The number of amides is 3. The van der Waals surface area contributed by atoms with Gasteiger partial charge in [0, 0.05) is 17.8 Å². The van der Waals surface area contributed by atoms with Crippen molar-refractivity contribution in [3.05, 3.63) is 84.1 Å². The summed E-state index contributed by atoms with van der Waals surface area (Å²) in [6.45, 7) is 0.287. The third-order valence-electron chi connectivity index (χ3n) is 4.01. The van der Waals surface area contributed by atoms with Gasteiger partial charge in [0.05, 0.1) is 12.8 Å². The van der Waals surface area contributed by atoms with Gasteiger partial charge in [0.25, 0.3) is 0 Å². The predicted molar refractivity (Wildman–Crippen MR) is 104 cm³/mol. The average Bonchev–Trinajstić information content (AvgIpc) is 3.21. The largest absolute Gasteiger partial charge is 0.467 e. The minimum absolute atomic E-state index is 0.177. The number of urea groups is 1. The lowest BCUT2D eigenvalue weighted by Crippen LogP contribution is -2.27. The first-order valence-electron chi connectivity index (χ1n) is 8.81. The van der Waals surface area contributed by atoms with Crippen LogP contribution in [0.1, 0.15) is 17.7 Å². The van der Waals surface area contributed by atoms with Gasteiger partial charge in [0.2, 0.25) is 5.91 Å². The molecule has 0 saturated heterocycles. The number of aryl methyl sites for hydroxylation is 1. The van der Waals surface area contributed by atoms with Crippen LogP contribution in [-0.2, 0) is 17.8 Å². The second-order valence-corrected chi connectivity index (χ2v) is 6.10. The van der Waals surface area contributed by atoms with E-state index < -0.39 is 0 Å². The van der Waals surface area contributed by atoms with Crippen LogP contribution in [0.15, 0.2) is 71.3 Å². The molecule has 3 rings (SSSR count). The molecule has 2 aromatic carbocycles. The molecule has 0 atom stereocenters. The van der Waals surface area contributed by atoms with E-state index >= 15 is 0 Å². The molecule has 0 unspecified atom stereocenters. The summed E-state index contributed by atoms with van der Waals surface area (Å²) in [5, 5.41) is 8.12. The van der Waals surface area contributed by atoms with Crippen LogP contribution in [0.2, 0.25) is 0 Å². The van der Waals surface area contributed by atoms with Crippen LogP contribution in [0, 0.1) is 5.82 Å². The van der Waals surface area contributed by atoms with Crippen LogP contribution in [0.3, 0.4) is 0 Å². The van der Waals surface area contributed by atoms with Crippen LogP contribution < -0.4 is 16.0 Å². The number of furan rings is 1. The molecule has 7 heteroatoms. The molecule has 0 aliphatic heterocycles. The third-order valence-corrected chi connectivity index (χ3v) is 4.01. The molecule has 3 N–H and O–H groups in total. The van der Waals surface area contributed by atoms with Gasteiger partial charge in [0.1, 0.15) is 11.6 Å². The van der Waals surface area contributed by atoms with Crippen molar-refractivity contribution in [1.29, 1.82) is 0 Å². The van der Waals surface area contributed by atoms with Gasteiger partial charge < -0.3 is 20.4 Å². The fourth-order valence-electron chi connectivity index (χ4n) is 2.57. The molecule has 28 heavy (non-hydrogen) atoms. The van der Waals surface area contributed by atoms with Crippen molar-refractivity contribution in [2.45, 2.75) is 19.4 Å². The van der Waals surface area contributed by atoms with Gasteiger partial charge in [-0.05, 0) is 54.4 Å². The Labute approximate surface area is 161 Å². The molecule has 0 fully saturated rings. The lowest BCUT2D eigenvalue weighted by Gasteiger charge is -2.09. The van der Waals surface area contributed by atoms with Crippen molar-refractivity contribution < 1.29 is 18.4 Å². The minimum Gasteiger partial charge on any atom is -0.467 e. The number of benzene rings is 2. The summed E-state index contributed by atoms with van der Waals surface area (Å²) in [5.74, 6) is 0.139. The van der Waals surface area contributed by atoms with Crippen LogP contribution in [0.4, 0.5) is 20.6 Å². The van der Waals surface area contributed by atoms with E-state index in [-0.39, 0.29) is 30.7 Å². The number of hydrogen-bond acceptors (Lipinski definition) is 3. The van der Waals surface area contributed by atoms with E-state index in [0.717, 1.165) is 0 Å². The van der Waals surface area contributed by atoms with Gasteiger partial charge in [-0.1, -0.05) is 18.2 Å². The maximum atomic E-state index is 13.6. The topological polar surface area (TPSA) is 83.4 Å². The number of anilines is 2. The zero-order chi connectivity index (χ0) is 19.8. The van der Waals surface area contributed by atoms with E-state index in [4.69, 9.17) is 4.42 Å². The quantitative estimate of drug-likeness (QED) is 0.570. The minimum atomic E-state index is -0.363. The maximum Gasteiger partial charge on any atom is 0.319 e. The molecule has 1 aromatic heterocycles. The molecule has 6 nitrogen and oxygen atoms in total. The van der Waals surface area contributed by atoms with Crippen molar-refractivity contribution in [3.8, 4) is 0 Å². The Bertz CT molecular complexity index is 924. The summed E-state index contributed by atoms with van der Waals surface area (Å²) in [5.41, 5.74) is 1.69. The predicted octanol–water partition coefficient (Wildman–Crippen LogP) is 4.31. The Kier molecular flexibility index (Phi) is 6.41. The van der Waals surface area contributed by atoms with Crippen LogP contribution in [0.25, 0.3) is 0 Å². The summed E-state index contributed by atoms with van der Waals surface area (Å²) in [4.78, 5) is 23.9. The summed E-state index contributed by atoms with van der Waals surface area (Å²) in [6.07, 6.45) is 2.04. The standard InChI is InChI=1S/C21H20FN3O3/c22-19-6-2-1-4-15(19)7-12-20(26)24-16-8-10-17(11-9-16)25-21(27)23-14-18-5-3-13-28-18/h1-6,8-11,13H,7,12,14H2,(H,24,26)(H2,23,25,27). The Morgan fingerprint density at radius 1 is 0.893 bits per heavy atom. The van der Waals surface area contributed by atoms with Crippen LogP contribution in [-0.4, -0.2) is 11.9 Å². The lowest BCUT2D eigenvalue weighted by molar-refractivity contribution is -0.116. The van der Waals surface area contributed by atoms with Gasteiger partial charge in [-0.15, -0.1) is 0 Å². The molecule has 3 aromatic rings. The third kappa shape index (κ3) is 5.70. The number of nitrogens with one attached hydrogen (secondary N) is 3. The highest BCUT2D eigenvalue weighted by Crippen LogP contribution is 2.15. The van der Waals surface area contributed by atoms with E-state index in [1.807, 2.05) is 0 Å². The number of rotatable bonds is 7. The molecular formula is C21H20FN3O3. The van der Waals surface area contributed by atoms with E-state index in [1.54, 1.807) is 54.6 Å². The lowest BCUT2D eigenvalue weighted by atomic mass is 10.1. The summed E-state index contributed by atoms with van der Waals surface area (Å²) < 4.78 is 18.7. The number of halogens is 1. The van der Waals surface area contributed by atoms with Crippen molar-refractivity contribution in [1.82, 2.24) is 5.32 Å². The van der Waals surface area contributed by atoms with Gasteiger partial charge in [0.15, 0.2) is 0 Å². The molecule has 144 valence electrons. The summed E-state index contributed by atoms with van der Waals surface area (Å²) in [7, 11) is 0. The van der Waals surface area contributed by atoms with E-state index in [1.165, 1.54) is 12.3 Å². The molecule has 3 amide bonds. The smallest absolute Gasteiger partial charge is 0.319 e. The Morgan fingerprint density at radius 3 is 2.29 bits per heavy atom. The fraction of sp³-hybridized carbons (Fsp3) is 0.143. The molecule has 0 radical (unpaired) electrons. The molecular weight excluding hydrogens is 361 g/mol. The second-order valence-electron chi connectivity index (χ2n) is 6.10. The summed E-state index contributed by atoms with van der Waals surface area (Å²) >= 11 is 0. The first-order chi connectivity index (χ1) is 13.6. The number of hydrogen-bond donors (Lipinski definition) is 3. The highest BCUT2D eigenvalue weighted by atomic mass is 19.1. The highest BCUT2D eigenvalue weighted by Gasteiger charge is 2.07. The van der Waals surface area contributed by atoms with Crippen molar-refractivity contribution in [2.75, 3.05) is 10.6 Å². The van der Waals surface area contributed by atoms with Crippen molar-refractivity contribution in [3.63, 3.8) is 0 Å². The zero-order valence-corrected chi connectivity index (χ0v) is 15.1. The second kappa shape index (κ2) is 9.36. The normalized spacial score (nSPS) is 10.3. The zero-order valence-electron chi connectivity index (χ0n) is 15.1. The molecule has 0 aliphatic carbocycles. The maximum absolute atomic E-state index is 13.6. The Balaban J connectivity index is 1.44. The molecule has 1 heterocycles.